The number of hydrogen-bond acceptors (Lipinski definition) is 3. The monoisotopic (exact) mass is 281 g/mol. The molecule has 1 aliphatic rings. The number of rotatable bonds is 4. The number of carboxylic acids is 1. The van der Waals surface area contributed by atoms with Crippen molar-refractivity contribution in [1.82, 2.24) is 0 Å². The second kappa shape index (κ2) is 5.90. The third-order valence-electron chi connectivity index (χ3n) is 3.57. The Labute approximate surface area is 115 Å². The van der Waals surface area contributed by atoms with Crippen molar-refractivity contribution in [2.45, 2.75) is 19.3 Å². The molecule has 0 heterocycles. The summed E-state index contributed by atoms with van der Waals surface area (Å²) in [6, 6.07) is 4.16. The predicted octanol–water partition coefficient (Wildman–Crippen LogP) is 2.27. The first-order chi connectivity index (χ1) is 9.51. The van der Waals surface area contributed by atoms with Gasteiger partial charge < -0.3 is 15.2 Å². The molecule has 0 radical (unpaired) electrons. The third kappa shape index (κ3) is 3.07. The number of benzene rings is 1. The van der Waals surface area contributed by atoms with Crippen LogP contribution in [0.4, 0.5) is 10.1 Å². The molecule has 0 unspecified atom stereocenters. The average Bonchev–Trinajstić information content (AvgIpc) is 2.88. The Morgan fingerprint density at radius 3 is 2.60 bits per heavy atom. The van der Waals surface area contributed by atoms with Gasteiger partial charge in [-0.15, -0.1) is 0 Å². The van der Waals surface area contributed by atoms with Crippen LogP contribution in [0.5, 0.6) is 5.75 Å². The summed E-state index contributed by atoms with van der Waals surface area (Å²) in [6.07, 6.45) is 1.38. The lowest BCUT2D eigenvalue weighted by atomic mass is 10.0. The van der Waals surface area contributed by atoms with Gasteiger partial charge in [0.2, 0.25) is 5.91 Å². The summed E-state index contributed by atoms with van der Waals surface area (Å²) in [6.45, 7) is 0. The van der Waals surface area contributed by atoms with Gasteiger partial charge in [-0.3, -0.25) is 9.59 Å². The van der Waals surface area contributed by atoms with Gasteiger partial charge in [0.05, 0.1) is 13.0 Å². The van der Waals surface area contributed by atoms with Gasteiger partial charge in [-0.2, -0.15) is 0 Å². The van der Waals surface area contributed by atoms with Crippen molar-refractivity contribution in [3.63, 3.8) is 0 Å². The van der Waals surface area contributed by atoms with Gasteiger partial charge in [-0.1, -0.05) is 0 Å². The zero-order valence-corrected chi connectivity index (χ0v) is 11.1. The van der Waals surface area contributed by atoms with Crippen LogP contribution in [0.15, 0.2) is 18.2 Å². The minimum Gasteiger partial charge on any atom is -0.494 e. The van der Waals surface area contributed by atoms with Crippen LogP contribution < -0.4 is 10.1 Å². The Hall–Kier alpha value is -2.11. The molecule has 6 heteroatoms. The number of carbonyl (C=O) groups excluding carboxylic acids is 1. The lowest BCUT2D eigenvalue weighted by Crippen LogP contribution is -2.21. The van der Waals surface area contributed by atoms with Gasteiger partial charge in [0.15, 0.2) is 11.6 Å². The van der Waals surface area contributed by atoms with Crippen LogP contribution in [0.2, 0.25) is 0 Å². The van der Waals surface area contributed by atoms with E-state index in [4.69, 9.17) is 9.84 Å². The zero-order chi connectivity index (χ0) is 14.7. The molecule has 1 amide bonds. The van der Waals surface area contributed by atoms with Gasteiger partial charge in [-0.05, 0) is 31.4 Å². The molecule has 0 bridgehead atoms. The number of carbonyl (C=O) groups is 2. The number of hydrogen-bond donors (Lipinski definition) is 2. The summed E-state index contributed by atoms with van der Waals surface area (Å²) < 4.78 is 18.3. The van der Waals surface area contributed by atoms with E-state index >= 15 is 0 Å². The van der Waals surface area contributed by atoms with E-state index in [1.807, 2.05) is 0 Å². The SMILES string of the molecule is COc1ccc(NC(=O)[C@@H]2CC[C@H](C(=O)O)C2)cc1F. The summed E-state index contributed by atoms with van der Waals surface area (Å²) in [5.74, 6) is -2.37. The number of anilines is 1. The molecule has 0 aromatic heterocycles. The molecule has 2 rings (SSSR count). The highest BCUT2D eigenvalue weighted by Crippen LogP contribution is 2.32. The Morgan fingerprint density at radius 1 is 1.35 bits per heavy atom. The lowest BCUT2D eigenvalue weighted by Gasteiger charge is -2.11. The van der Waals surface area contributed by atoms with Crippen LogP contribution in [0.25, 0.3) is 0 Å². The molecule has 2 atom stereocenters. The fourth-order valence-electron chi connectivity index (χ4n) is 2.43. The van der Waals surface area contributed by atoms with Gasteiger partial charge in [0, 0.05) is 17.7 Å². The first kappa shape index (κ1) is 14.3. The van der Waals surface area contributed by atoms with E-state index in [2.05, 4.69) is 5.32 Å². The van der Waals surface area contributed by atoms with Crippen LogP contribution in [0.1, 0.15) is 19.3 Å². The van der Waals surface area contributed by atoms with E-state index < -0.39 is 17.7 Å². The lowest BCUT2D eigenvalue weighted by molar-refractivity contribution is -0.141. The topological polar surface area (TPSA) is 75.6 Å². The fraction of sp³-hybridized carbons (Fsp3) is 0.429. The van der Waals surface area contributed by atoms with E-state index in [0.29, 0.717) is 24.9 Å². The molecule has 1 aromatic rings. The van der Waals surface area contributed by atoms with Crippen molar-refractivity contribution < 1.29 is 23.8 Å². The average molecular weight is 281 g/mol. The van der Waals surface area contributed by atoms with Crippen LogP contribution in [-0.4, -0.2) is 24.1 Å². The molecular formula is C14H16FNO4. The van der Waals surface area contributed by atoms with Crippen molar-refractivity contribution in [3.8, 4) is 5.75 Å². The second-order valence-electron chi connectivity index (χ2n) is 4.88. The molecule has 1 saturated carbocycles. The molecule has 2 N–H and O–H groups in total. The Morgan fingerprint density at radius 2 is 2.05 bits per heavy atom. The molecule has 1 aliphatic carbocycles. The van der Waals surface area contributed by atoms with Gasteiger partial charge >= 0.3 is 5.97 Å². The third-order valence-corrected chi connectivity index (χ3v) is 3.57. The maximum atomic E-state index is 13.5. The van der Waals surface area contributed by atoms with Crippen molar-refractivity contribution in [2.75, 3.05) is 12.4 Å². The van der Waals surface area contributed by atoms with Crippen LogP contribution in [0, 0.1) is 17.7 Å². The Kier molecular flexibility index (Phi) is 4.22. The maximum Gasteiger partial charge on any atom is 0.306 e. The first-order valence-corrected chi connectivity index (χ1v) is 6.38. The number of carboxylic acid groups (broad SMARTS) is 1. The molecule has 1 fully saturated rings. The number of aliphatic carboxylic acids is 1. The number of methoxy groups -OCH3 is 1. The molecule has 0 spiro atoms. The predicted molar refractivity (Wildman–Crippen MR) is 70.0 cm³/mol. The fourth-order valence-corrected chi connectivity index (χ4v) is 2.43. The van der Waals surface area contributed by atoms with E-state index in [1.54, 1.807) is 6.07 Å². The van der Waals surface area contributed by atoms with E-state index in [0.717, 1.165) is 0 Å². The Bertz CT molecular complexity index is 532. The summed E-state index contributed by atoms with van der Waals surface area (Å²) in [5, 5.41) is 11.5. The number of amides is 1. The van der Waals surface area contributed by atoms with Crippen molar-refractivity contribution >= 4 is 17.6 Å². The molecular weight excluding hydrogens is 265 g/mol. The van der Waals surface area contributed by atoms with Gasteiger partial charge in [-0.25, -0.2) is 4.39 Å². The number of nitrogens with one attached hydrogen (secondary N) is 1. The summed E-state index contributed by atoms with van der Waals surface area (Å²) in [7, 11) is 1.36. The summed E-state index contributed by atoms with van der Waals surface area (Å²) in [4.78, 5) is 22.8. The van der Waals surface area contributed by atoms with Crippen molar-refractivity contribution in [1.29, 1.82) is 0 Å². The van der Waals surface area contributed by atoms with E-state index in [1.165, 1.54) is 19.2 Å². The smallest absolute Gasteiger partial charge is 0.306 e. The van der Waals surface area contributed by atoms with E-state index in [9.17, 15) is 14.0 Å². The minimum absolute atomic E-state index is 0.106. The zero-order valence-electron chi connectivity index (χ0n) is 11.1. The normalized spacial score (nSPS) is 21.5. The van der Waals surface area contributed by atoms with Crippen molar-refractivity contribution in [3.05, 3.63) is 24.0 Å². The highest BCUT2D eigenvalue weighted by atomic mass is 19.1. The number of halogens is 1. The standard InChI is InChI=1S/C14H16FNO4/c1-20-12-5-4-10(7-11(12)15)16-13(17)8-2-3-9(6-8)14(18)19/h4-5,7-9H,2-3,6H2,1H3,(H,16,17)(H,18,19)/t8-,9+/m1/s1. The minimum atomic E-state index is -0.865. The van der Waals surface area contributed by atoms with Crippen LogP contribution in [-0.2, 0) is 9.59 Å². The van der Waals surface area contributed by atoms with Crippen LogP contribution >= 0.6 is 0 Å². The molecule has 0 aliphatic heterocycles. The maximum absolute atomic E-state index is 13.5. The van der Waals surface area contributed by atoms with Crippen molar-refractivity contribution in [2.24, 2.45) is 11.8 Å². The van der Waals surface area contributed by atoms with Gasteiger partial charge in [0.25, 0.3) is 0 Å². The molecule has 0 saturated heterocycles. The Balaban J connectivity index is 1.98. The second-order valence-corrected chi connectivity index (χ2v) is 4.88. The number of ether oxygens (including phenoxy) is 1. The quantitative estimate of drug-likeness (QED) is 0.887. The highest BCUT2D eigenvalue weighted by molar-refractivity contribution is 5.93. The summed E-state index contributed by atoms with van der Waals surface area (Å²) >= 11 is 0. The van der Waals surface area contributed by atoms with E-state index in [-0.39, 0.29) is 17.6 Å². The first-order valence-electron chi connectivity index (χ1n) is 6.38. The van der Waals surface area contributed by atoms with Gasteiger partial charge in [0.1, 0.15) is 0 Å². The molecule has 1 aromatic carbocycles. The van der Waals surface area contributed by atoms with Crippen LogP contribution in [0.3, 0.4) is 0 Å². The highest BCUT2D eigenvalue weighted by Gasteiger charge is 2.33. The molecule has 108 valence electrons. The molecule has 20 heavy (non-hydrogen) atoms. The largest absolute Gasteiger partial charge is 0.494 e. The molecule has 5 nitrogen and oxygen atoms in total. The summed E-state index contributed by atoms with van der Waals surface area (Å²) in [5.41, 5.74) is 0.340.